The molecule has 0 saturated carbocycles. The summed E-state index contributed by atoms with van der Waals surface area (Å²) in [5.41, 5.74) is 1.57. The summed E-state index contributed by atoms with van der Waals surface area (Å²) in [6.07, 6.45) is 3.91. The van der Waals surface area contributed by atoms with E-state index in [4.69, 9.17) is 33.8 Å². The van der Waals surface area contributed by atoms with Crippen molar-refractivity contribution in [3.05, 3.63) is 178 Å². The molecular weight excluding hydrogens is 1110 g/mol. The van der Waals surface area contributed by atoms with E-state index in [1.165, 1.54) is 53.6 Å². The highest BCUT2D eigenvalue weighted by Gasteiger charge is 2.55. The SMILES string of the molecule is COc1ccc(COC(=O)C2=C(CSc3nc(N4CCOCC4)cc4n3cc[n+]4C)CSC3C(NC(=O)/C(=N\OC(C)(C)C(=O)OC(C)(C)C)c4csc(NC(c5ccccc5)(c5ccccc5)c5ccccc5)n4)C(=O)N23)cc1.[Cl-]. The number of amides is 2. The molecule has 10 rings (SSSR count). The first-order valence-electron chi connectivity index (χ1n) is 26.0. The van der Waals surface area contributed by atoms with E-state index in [2.05, 4.69) is 20.7 Å². The fourth-order valence-corrected chi connectivity index (χ4v) is 12.7. The lowest BCUT2D eigenvalue weighted by atomic mass is 9.77. The number of halogens is 1. The Morgan fingerprint density at radius 2 is 1.51 bits per heavy atom. The minimum Gasteiger partial charge on any atom is -1.00 e. The Bertz CT molecular complexity index is 3360. The van der Waals surface area contributed by atoms with Gasteiger partial charge in [0.25, 0.3) is 22.6 Å². The lowest BCUT2D eigenvalue weighted by molar-refractivity contribution is -0.644. The van der Waals surface area contributed by atoms with Crippen molar-refractivity contribution in [1.82, 2.24) is 24.6 Å². The maximum Gasteiger partial charge on any atom is 0.355 e. The molecule has 2 amide bonds. The number of carbonyl (C=O) groups excluding carboxylic acids is 4. The van der Waals surface area contributed by atoms with Crippen LogP contribution >= 0.6 is 34.9 Å². The molecule has 0 bridgehead atoms. The molecule has 3 aromatic heterocycles. The number of imidazole rings is 1. The van der Waals surface area contributed by atoms with Crippen LogP contribution in [0.1, 0.15) is 62.6 Å². The number of rotatable bonds is 19. The number of anilines is 2. The van der Waals surface area contributed by atoms with Gasteiger partial charge in [-0.15, -0.1) is 23.1 Å². The number of thioether (sulfide) groups is 2. The molecule has 3 aliphatic rings. The number of β-lactam (4-membered cyclic amide) rings is 1. The van der Waals surface area contributed by atoms with Gasteiger partial charge in [0.05, 0.1) is 33.4 Å². The number of aromatic nitrogens is 4. The maximum atomic E-state index is 14.9. The number of hydrogen-bond donors (Lipinski definition) is 2. The van der Waals surface area contributed by atoms with Crippen LogP contribution in [0.25, 0.3) is 5.65 Å². The Balaban J connectivity index is 0.00000792. The number of morpholine rings is 1. The number of hydrogen-bond acceptors (Lipinski definition) is 17. The number of nitrogens with one attached hydrogen (secondary N) is 2. The first kappa shape index (κ1) is 58.2. The topological polar surface area (TPSA) is 191 Å². The molecule has 2 saturated heterocycles. The minimum atomic E-state index is -1.66. The number of ether oxygens (including phenoxy) is 4. The molecule has 6 heterocycles. The van der Waals surface area contributed by atoms with Gasteiger partial charge in [-0.3, -0.25) is 14.5 Å². The van der Waals surface area contributed by atoms with Gasteiger partial charge < -0.3 is 51.7 Å². The van der Waals surface area contributed by atoms with Gasteiger partial charge in [-0.25, -0.2) is 19.1 Å². The molecule has 0 aliphatic carbocycles. The van der Waals surface area contributed by atoms with E-state index in [1.807, 2.05) is 125 Å². The normalized spacial score (nSPS) is 16.7. The number of oxime groups is 1. The lowest BCUT2D eigenvalue weighted by Gasteiger charge is -2.49. The second-order valence-electron chi connectivity index (χ2n) is 20.7. The zero-order valence-corrected chi connectivity index (χ0v) is 49.0. The largest absolute Gasteiger partial charge is 1.00 e. The van der Waals surface area contributed by atoms with Crippen molar-refractivity contribution in [3.8, 4) is 5.75 Å². The van der Waals surface area contributed by atoms with Gasteiger partial charge in [0, 0.05) is 30.0 Å². The summed E-state index contributed by atoms with van der Waals surface area (Å²) in [5, 5.41) is 13.1. The second kappa shape index (κ2) is 24.7. The molecule has 7 aromatic rings. The van der Waals surface area contributed by atoms with Gasteiger partial charge >= 0.3 is 11.9 Å². The first-order chi connectivity index (χ1) is 38.5. The highest BCUT2D eigenvalue weighted by atomic mass is 35.5. The van der Waals surface area contributed by atoms with Crippen molar-refractivity contribution in [2.45, 2.75) is 74.5 Å². The van der Waals surface area contributed by atoms with Crippen LogP contribution in [-0.4, -0.2) is 116 Å². The molecule has 2 N–H and O–H groups in total. The quantitative estimate of drug-likeness (QED) is 0.0162. The van der Waals surface area contributed by atoms with Crippen molar-refractivity contribution >= 4 is 80.9 Å². The number of fused-ring (bicyclic) bond motifs is 2. The fraction of sp³-hybridized carbons (Fsp3) is 0.322. The predicted octanol–water partition coefficient (Wildman–Crippen LogP) is 4.90. The zero-order valence-electron chi connectivity index (χ0n) is 45.8. The second-order valence-corrected chi connectivity index (χ2v) is 23.6. The molecule has 0 radical (unpaired) electrons. The Morgan fingerprint density at radius 1 is 0.877 bits per heavy atom. The third-order valence-electron chi connectivity index (χ3n) is 13.6. The van der Waals surface area contributed by atoms with E-state index in [0.717, 1.165) is 33.7 Å². The summed E-state index contributed by atoms with van der Waals surface area (Å²) >= 11 is 4.10. The third-order valence-corrected chi connectivity index (χ3v) is 16.8. The molecule has 3 aliphatic heterocycles. The Labute approximate surface area is 488 Å². The van der Waals surface area contributed by atoms with Crippen molar-refractivity contribution in [3.63, 3.8) is 0 Å². The summed E-state index contributed by atoms with van der Waals surface area (Å²) < 4.78 is 26.6. The van der Waals surface area contributed by atoms with Crippen LogP contribution in [0, 0.1) is 0 Å². The minimum absolute atomic E-state index is 0. The Kier molecular flexibility index (Phi) is 17.8. The zero-order chi connectivity index (χ0) is 56.2. The Hall–Kier alpha value is -7.43. The summed E-state index contributed by atoms with van der Waals surface area (Å²) in [4.78, 5) is 77.2. The summed E-state index contributed by atoms with van der Waals surface area (Å²) in [7, 11) is 3.55. The average molecular weight is 1170 g/mol. The molecule has 2 unspecified atom stereocenters. The van der Waals surface area contributed by atoms with Gasteiger partial charge in [-0.05, 0) is 74.6 Å². The number of aryl methyl sites for hydroxylation is 1. The number of carbonyl (C=O) groups is 4. The van der Waals surface area contributed by atoms with Crippen LogP contribution in [0.15, 0.2) is 161 Å². The standard InChI is InChI=1S/C59H61N9O9S3.ClH/c1-57(2,3)76-54(72)58(4,5)77-64-47(44-37-79-55(60-44)63-59(40-17-11-8-12-18-40,41-19-13-9-14-20-41)42-21-15-10-16-22-42)50(69)62-48-51(70)68-49(53(71)75-34-38-23-25-43(73-7)26-24-38)39(35-78-52(48)68)36-80-56-61-45(66-29-31-74-32-30-66)33-46-65(6)27-28-67(46)56;/h8-28,33,37,48,52H,29-32,34-36H2,1-7H3,(H-,60,62,63,69);1H/b64-47-;. The number of thiazole rings is 1. The molecule has 2 atom stereocenters. The number of methoxy groups -OCH3 is 1. The van der Waals surface area contributed by atoms with Crippen LogP contribution in [0.5, 0.6) is 5.75 Å². The van der Waals surface area contributed by atoms with E-state index in [-0.39, 0.29) is 36.1 Å². The molecule has 2 fully saturated rings. The third kappa shape index (κ3) is 12.6. The van der Waals surface area contributed by atoms with Crippen molar-refractivity contribution in [2.24, 2.45) is 12.2 Å². The summed E-state index contributed by atoms with van der Waals surface area (Å²) in [6, 6.07) is 38.1. The number of nitrogens with zero attached hydrogens (tertiary/aromatic N) is 7. The Morgan fingerprint density at radius 3 is 2.11 bits per heavy atom. The highest BCUT2D eigenvalue weighted by Crippen LogP contribution is 2.44. The van der Waals surface area contributed by atoms with Gasteiger partial charge in [0.15, 0.2) is 10.8 Å². The maximum absolute atomic E-state index is 14.9. The number of esters is 2. The number of benzene rings is 4. The molecule has 0 spiro atoms. The lowest BCUT2D eigenvalue weighted by Crippen LogP contribution is -3.00. The van der Waals surface area contributed by atoms with Crippen LogP contribution < -0.4 is 37.2 Å². The molecular formula is C59H62ClN9O9S3. The highest BCUT2D eigenvalue weighted by molar-refractivity contribution is 8.01. The van der Waals surface area contributed by atoms with E-state index >= 15 is 0 Å². The first-order valence-corrected chi connectivity index (χ1v) is 29.0. The van der Waals surface area contributed by atoms with Crippen LogP contribution in [0.2, 0.25) is 0 Å². The van der Waals surface area contributed by atoms with E-state index in [9.17, 15) is 19.2 Å². The van der Waals surface area contributed by atoms with Gasteiger partial charge in [-0.2, -0.15) is 9.38 Å². The van der Waals surface area contributed by atoms with Gasteiger partial charge in [0.2, 0.25) is 5.60 Å². The van der Waals surface area contributed by atoms with E-state index < -0.39 is 51.9 Å². The molecule has 422 valence electrons. The van der Waals surface area contributed by atoms with Crippen molar-refractivity contribution in [1.29, 1.82) is 0 Å². The molecule has 81 heavy (non-hydrogen) atoms. The fourth-order valence-electron chi connectivity index (χ4n) is 9.45. The molecule has 22 heteroatoms. The summed E-state index contributed by atoms with van der Waals surface area (Å²) in [5.74, 6) is -0.644. The van der Waals surface area contributed by atoms with E-state index in [1.54, 1.807) is 57.5 Å². The van der Waals surface area contributed by atoms with Crippen molar-refractivity contribution < 1.29 is 59.9 Å². The van der Waals surface area contributed by atoms with Crippen molar-refractivity contribution in [2.75, 3.05) is 55.1 Å². The van der Waals surface area contributed by atoms with Crippen LogP contribution in [0.4, 0.5) is 10.9 Å². The van der Waals surface area contributed by atoms with E-state index in [0.29, 0.717) is 59.4 Å². The van der Waals surface area contributed by atoms with Gasteiger partial charge in [0.1, 0.15) is 64.5 Å². The predicted molar refractivity (Wildman–Crippen MR) is 307 cm³/mol. The van der Waals surface area contributed by atoms with Gasteiger partial charge in [-0.1, -0.05) is 120 Å². The summed E-state index contributed by atoms with van der Waals surface area (Å²) in [6.45, 7) is 10.7. The molecule has 18 nitrogen and oxygen atoms in total. The average Bonchev–Trinajstić information content (AvgIpc) is 4.19. The smallest absolute Gasteiger partial charge is 0.355 e. The molecule has 4 aromatic carbocycles. The monoisotopic (exact) mass is 1170 g/mol. The van der Waals surface area contributed by atoms with Crippen LogP contribution in [-0.2, 0) is 57.4 Å². The van der Waals surface area contributed by atoms with Crippen LogP contribution in [0.3, 0.4) is 0 Å².